The lowest BCUT2D eigenvalue weighted by Gasteiger charge is -2.36. The molecular weight excluding hydrogens is 378 g/mol. The molecule has 1 aromatic rings. The minimum atomic E-state index is -0.261. The van der Waals surface area contributed by atoms with Gasteiger partial charge in [0.05, 0.1) is 5.92 Å². The number of likely N-dealkylation sites (tertiary alicyclic amines) is 2. The Labute approximate surface area is 180 Å². The third-order valence-electron chi connectivity index (χ3n) is 6.43. The zero-order valence-corrected chi connectivity index (χ0v) is 19.0. The summed E-state index contributed by atoms with van der Waals surface area (Å²) in [4.78, 5) is 44.1. The lowest BCUT2D eigenvalue weighted by atomic mass is 9.93. The summed E-state index contributed by atoms with van der Waals surface area (Å²) < 4.78 is 0. The molecule has 2 heterocycles. The number of benzene rings is 1. The minimum absolute atomic E-state index is 0.0581. The summed E-state index contributed by atoms with van der Waals surface area (Å²) in [6, 6.07) is 7.96. The van der Waals surface area contributed by atoms with E-state index in [4.69, 9.17) is 0 Å². The molecule has 3 rings (SSSR count). The fraction of sp³-hybridized carbons (Fsp3) is 0.625. The van der Waals surface area contributed by atoms with E-state index in [0.717, 1.165) is 11.3 Å². The SMILES string of the molecule is CCN(C(=O)C1CCN(C(=O)C2CC(=O)N(C(C)(C)C)C2)CC1)c1ccccc1C. The number of rotatable bonds is 4. The van der Waals surface area contributed by atoms with Crippen LogP contribution in [0.3, 0.4) is 0 Å². The Morgan fingerprint density at radius 3 is 2.27 bits per heavy atom. The molecule has 0 radical (unpaired) electrons. The van der Waals surface area contributed by atoms with Crippen molar-refractivity contribution in [3.63, 3.8) is 0 Å². The van der Waals surface area contributed by atoms with Gasteiger partial charge in [-0.1, -0.05) is 18.2 Å². The first-order valence-electron chi connectivity index (χ1n) is 11.1. The highest BCUT2D eigenvalue weighted by molar-refractivity contribution is 5.96. The number of aryl methyl sites for hydroxylation is 1. The third-order valence-corrected chi connectivity index (χ3v) is 6.43. The average Bonchev–Trinajstić information content (AvgIpc) is 3.11. The van der Waals surface area contributed by atoms with E-state index in [1.165, 1.54) is 0 Å². The summed E-state index contributed by atoms with van der Waals surface area (Å²) in [5.41, 5.74) is 1.80. The quantitative estimate of drug-likeness (QED) is 0.761. The van der Waals surface area contributed by atoms with Crippen LogP contribution in [0.2, 0.25) is 0 Å². The van der Waals surface area contributed by atoms with Gasteiger partial charge in [0.2, 0.25) is 17.7 Å². The molecule has 0 N–H and O–H groups in total. The van der Waals surface area contributed by atoms with Crippen molar-refractivity contribution >= 4 is 23.4 Å². The predicted octanol–water partition coefficient (Wildman–Crippen LogP) is 3.23. The number of hydrogen-bond acceptors (Lipinski definition) is 3. The van der Waals surface area contributed by atoms with Crippen molar-refractivity contribution in [2.24, 2.45) is 11.8 Å². The fourth-order valence-electron chi connectivity index (χ4n) is 4.66. The van der Waals surface area contributed by atoms with Crippen LogP contribution in [-0.4, -0.2) is 59.2 Å². The van der Waals surface area contributed by atoms with E-state index >= 15 is 0 Å². The second kappa shape index (κ2) is 8.78. The summed E-state index contributed by atoms with van der Waals surface area (Å²) in [5.74, 6) is -0.0585. The van der Waals surface area contributed by atoms with Gasteiger partial charge in [0, 0.05) is 49.7 Å². The number of piperidine rings is 1. The molecule has 0 aromatic heterocycles. The monoisotopic (exact) mass is 413 g/mol. The molecule has 0 spiro atoms. The highest BCUT2D eigenvalue weighted by atomic mass is 16.2. The van der Waals surface area contributed by atoms with Crippen LogP contribution in [-0.2, 0) is 14.4 Å². The lowest BCUT2D eigenvalue weighted by Crippen LogP contribution is -2.47. The summed E-state index contributed by atoms with van der Waals surface area (Å²) in [5, 5.41) is 0. The molecule has 0 bridgehead atoms. The number of carbonyl (C=O) groups is 3. The predicted molar refractivity (Wildman–Crippen MR) is 118 cm³/mol. The van der Waals surface area contributed by atoms with Gasteiger partial charge < -0.3 is 14.7 Å². The van der Waals surface area contributed by atoms with E-state index < -0.39 is 0 Å². The second-order valence-electron chi connectivity index (χ2n) is 9.54. The first kappa shape index (κ1) is 22.3. The summed E-state index contributed by atoms with van der Waals surface area (Å²) in [6.07, 6.45) is 1.65. The molecule has 30 heavy (non-hydrogen) atoms. The van der Waals surface area contributed by atoms with Gasteiger partial charge in [-0.3, -0.25) is 14.4 Å². The Kier molecular flexibility index (Phi) is 6.53. The Morgan fingerprint density at radius 2 is 1.73 bits per heavy atom. The maximum Gasteiger partial charge on any atom is 0.230 e. The zero-order valence-electron chi connectivity index (χ0n) is 19.0. The van der Waals surface area contributed by atoms with Crippen molar-refractivity contribution in [2.75, 3.05) is 31.1 Å². The molecule has 2 aliphatic rings. The van der Waals surface area contributed by atoms with E-state index in [2.05, 4.69) is 0 Å². The van der Waals surface area contributed by atoms with Crippen LogP contribution < -0.4 is 4.90 Å². The van der Waals surface area contributed by atoms with Gasteiger partial charge in [0.15, 0.2) is 0 Å². The van der Waals surface area contributed by atoms with Crippen LogP contribution in [0, 0.1) is 18.8 Å². The molecule has 0 aliphatic carbocycles. The molecule has 2 fully saturated rings. The van der Waals surface area contributed by atoms with E-state index in [1.807, 2.05) is 73.6 Å². The van der Waals surface area contributed by atoms with Gasteiger partial charge in [-0.2, -0.15) is 0 Å². The van der Waals surface area contributed by atoms with Gasteiger partial charge in [0.25, 0.3) is 0 Å². The molecule has 1 unspecified atom stereocenters. The third kappa shape index (κ3) is 4.52. The van der Waals surface area contributed by atoms with Gasteiger partial charge in [-0.15, -0.1) is 0 Å². The van der Waals surface area contributed by atoms with Crippen molar-refractivity contribution in [3.8, 4) is 0 Å². The Hall–Kier alpha value is -2.37. The van der Waals surface area contributed by atoms with Crippen LogP contribution in [0.5, 0.6) is 0 Å². The molecule has 2 aliphatic heterocycles. The summed E-state index contributed by atoms with van der Waals surface area (Å²) in [7, 11) is 0. The maximum atomic E-state index is 13.2. The number of anilines is 1. The van der Waals surface area contributed by atoms with Gasteiger partial charge in [-0.25, -0.2) is 0 Å². The van der Waals surface area contributed by atoms with Crippen LogP contribution in [0.4, 0.5) is 5.69 Å². The molecule has 6 heteroatoms. The summed E-state index contributed by atoms with van der Waals surface area (Å²) in [6.45, 7) is 12.3. The molecule has 2 saturated heterocycles. The smallest absolute Gasteiger partial charge is 0.230 e. The largest absolute Gasteiger partial charge is 0.342 e. The van der Waals surface area contributed by atoms with Crippen molar-refractivity contribution in [2.45, 2.75) is 59.4 Å². The van der Waals surface area contributed by atoms with Crippen molar-refractivity contribution in [3.05, 3.63) is 29.8 Å². The maximum absolute atomic E-state index is 13.2. The van der Waals surface area contributed by atoms with E-state index in [0.29, 0.717) is 45.4 Å². The van der Waals surface area contributed by atoms with Crippen molar-refractivity contribution in [1.82, 2.24) is 9.80 Å². The molecular formula is C24H35N3O3. The molecule has 1 aromatic carbocycles. The van der Waals surface area contributed by atoms with Crippen molar-refractivity contribution < 1.29 is 14.4 Å². The Balaban J connectivity index is 1.59. The van der Waals surface area contributed by atoms with Gasteiger partial charge >= 0.3 is 0 Å². The van der Waals surface area contributed by atoms with E-state index in [1.54, 1.807) is 0 Å². The minimum Gasteiger partial charge on any atom is -0.342 e. The number of para-hydroxylation sites is 1. The number of carbonyl (C=O) groups excluding carboxylic acids is 3. The first-order valence-corrected chi connectivity index (χ1v) is 11.1. The highest BCUT2D eigenvalue weighted by Gasteiger charge is 2.41. The first-order chi connectivity index (χ1) is 14.1. The molecule has 0 saturated carbocycles. The molecule has 3 amide bonds. The Bertz CT molecular complexity index is 806. The van der Waals surface area contributed by atoms with Gasteiger partial charge in [-0.05, 0) is 59.1 Å². The number of amides is 3. The molecule has 6 nitrogen and oxygen atoms in total. The van der Waals surface area contributed by atoms with E-state index in [9.17, 15) is 14.4 Å². The van der Waals surface area contributed by atoms with E-state index in [-0.39, 0.29) is 35.1 Å². The van der Waals surface area contributed by atoms with Gasteiger partial charge in [0.1, 0.15) is 0 Å². The fourth-order valence-corrected chi connectivity index (χ4v) is 4.66. The lowest BCUT2D eigenvalue weighted by molar-refractivity contribution is -0.138. The number of hydrogen-bond donors (Lipinski definition) is 0. The van der Waals surface area contributed by atoms with Crippen LogP contribution in [0.15, 0.2) is 24.3 Å². The Morgan fingerprint density at radius 1 is 1.10 bits per heavy atom. The average molecular weight is 414 g/mol. The second-order valence-corrected chi connectivity index (χ2v) is 9.54. The van der Waals surface area contributed by atoms with Crippen LogP contribution in [0.1, 0.15) is 52.5 Å². The molecule has 164 valence electrons. The molecule has 1 atom stereocenters. The van der Waals surface area contributed by atoms with Crippen LogP contribution in [0.25, 0.3) is 0 Å². The van der Waals surface area contributed by atoms with Crippen molar-refractivity contribution in [1.29, 1.82) is 0 Å². The summed E-state index contributed by atoms with van der Waals surface area (Å²) >= 11 is 0. The van der Waals surface area contributed by atoms with Crippen LogP contribution >= 0.6 is 0 Å². The standard InChI is InChI=1S/C24H35N3O3/c1-6-26(20-10-8-7-9-17(20)2)23(30)18-11-13-25(14-12-18)22(29)19-15-21(28)27(16-19)24(3,4)5/h7-10,18-19H,6,11-16H2,1-5H3. The highest BCUT2D eigenvalue weighted by Crippen LogP contribution is 2.30. The zero-order chi connectivity index (χ0) is 22.1. The number of nitrogens with zero attached hydrogens (tertiary/aromatic N) is 3. The normalized spacial score (nSPS) is 20.6. The topological polar surface area (TPSA) is 60.9 Å².